The number of nitrogens with one attached hydrogen (secondary N) is 1. The van der Waals surface area contributed by atoms with Crippen LogP contribution in [0.5, 0.6) is 0 Å². The second-order valence-electron chi connectivity index (χ2n) is 11.9. The summed E-state index contributed by atoms with van der Waals surface area (Å²) in [5, 5.41) is 20.1. The highest BCUT2D eigenvalue weighted by molar-refractivity contribution is 5.99. The van der Waals surface area contributed by atoms with Gasteiger partial charge in [0.1, 0.15) is 11.8 Å². The van der Waals surface area contributed by atoms with E-state index in [1.807, 2.05) is 0 Å². The predicted octanol–water partition coefficient (Wildman–Crippen LogP) is 9.06. The number of hydrogen-bond acceptors (Lipinski definition) is 4. The van der Waals surface area contributed by atoms with E-state index in [-0.39, 0.29) is 25.2 Å². The van der Waals surface area contributed by atoms with Crippen molar-refractivity contribution in [2.45, 2.75) is 193 Å². The van der Waals surface area contributed by atoms with E-state index in [4.69, 9.17) is 10.2 Å². The normalized spacial score (nSPS) is 11.9. The Labute approximate surface area is 246 Å². The summed E-state index contributed by atoms with van der Waals surface area (Å²) >= 11 is 0. The highest BCUT2D eigenvalue weighted by atomic mass is 16.4. The minimum atomic E-state index is -1.20. The van der Waals surface area contributed by atoms with Crippen molar-refractivity contribution in [3.8, 4) is 0 Å². The second kappa shape index (κ2) is 30.5. The largest absolute Gasteiger partial charge is 0.480 e. The molecule has 3 N–H and O–H groups in total. The summed E-state index contributed by atoms with van der Waals surface area (Å²) in [7, 11) is 0. The van der Waals surface area contributed by atoms with Crippen LogP contribution in [0.2, 0.25) is 0 Å². The Morgan fingerprint density at radius 1 is 0.550 bits per heavy atom. The lowest BCUT2D eigenvalue weighted by Crippen LogP contribution is -2.42. The zero-order valence-corrected chi connectivity index (χ0v) is 26.2. The molecule has 6 nitrogen and oxygen atoms in total. The van der Waals surface area contributed by atoms with Crippen LogP contribution in [0.15, 0.2) is 0 Å². The maximum atomic E-state index is 11.9. The maximum Gasteiger partial charge on any atom is 0.326 e. The summed E-state index contributed by atoms with van der Waals surface area (Å²) in [6.45, 7) is 1.96. The molecule has 0 aliphatic rings. The van der Waals surface area contributed by atoms with E-state index in [0.717, 1.165) is 19.3 Å². The van der Waals surface area contributed by atoms with Gasteiger partial charge in [-0.25, -0.2) is 4.79 Å². The van der Waals surface area contributed by atoms with Gasteiger partial charge in [0.15, 0.2) is 0 Å². The number of carbonyl (C=O) groups is 3. The summed E-state index contributed by atoms with van der Waals surface area (Å²) in [6, 6.07) is -1.14. The zero-order valence-electron chi connectivity index (χ0n) is 26.2. The average molecular weight is 568 g/mol. The highest BCUT2D eigenvalue weighted by Crippen LogP contribution is 2.16. The van der Waals surface area contributed by atoms with Gasteiger partial charge in [0.05, 0.1) is 6.42 Å². The third kappa shape index (κ3) is 28.1. The van der Waals surface area contributed by atoms with Gasteiger partial charge in [-0.3, -0.25) is 9.59 Å². The van der Waals surface area contributed by atoms with Crippen LogP contribution in [0.4, 0.5) is 0 Å². The summed E-state index contributed by atoms with van der Waals surface area (Å²) in [6.07, 6.45) is 33.6. The molecule has 0 bridgehead atoms. The fraction of sp³-hybridized carbons (Fsp3) is 0.912. The molecular formula is C34H65NO5. The first-order valence-electron chi connectivity index (χ1n) is 17.2. The number of amides is 1. The Kier molecular flexibility index (Phi) is 29.4. The first kappa shape index (κ1) is 38.6. The molecule has 0 aliphatic heterocycles. The molecule has 1 amide bonds. The van der Waals surface area contributed by atoms with Gasteiger partial charge < -0.3 is 15.5 Å². The summed E-state index contributed by atoms with van der Waals surface area (Å²) in [5.74, 6) is -1.93. The molecule has 0 rings (SSSR count). The molecule has 40 heavy (non-hydrogen) atoms. The molecule has 236 valence electrons. The SMILES string of the molecule is CCCCCCCCCCCCCCCCCCCCCCCCCCCC(=O)CC(=O)N[C@@H](CCO)C(=O)O. The first-order chi connectivity index (χ1) is 19.5. The second-order valence-corrected chi connectivity index (χ2v) is 11.9. The molecule has 0 radical (unpaired) electrons. The topological polar surface area (TPSA) is 104 Å². The Hall–Kier alpha value is -1.43. The minimum Gasteiger partial charge on any atom is -0.480 e. The molecule has 6 heteroatoms. The van der Waals surface area contributed by atoms with E-state index in [0.29, 0.717) is 6.42 Å². The van der Waals surface area contributed by atoms with Crippen LogP contribution in [0.1, 0.15) is 187 Å². The van der Waals surface area contributed by atoms with Gasteiger partial charge in [0, 0.05) is 19.4 Å². The van der Waals surface area contributed by atoms with Crippen LogP contribution in [-0.2, 0) is 14.4 Å². The molecule has 0 saturated carbocycles. The standard InChI is InChI=1S/C34H65NO5/c1-2-3-4-5-6-7-8-9-10-11-12-13-14-15-16-17-18-19-20-21-22-23-24-25-26-27-31(37)30-33(38)35-32(28-29-36)34(39)40/h32,36H,2-30H2,1H3,(H,35,38)(H,39,40)/t32-/m0/s1. The maximum absolute atomic E-state index is 11.9. The number of aliphatic hydroxyl groups is 1. The number of carboxylic acids is 1. The number of aliphatic carboxylic acids is 1. The van der Waals surface area contributed by atoms with Gasteiger partial charge in [0.2, 0.25) is 5.91 Å². The number of Topliss-reactive ketones (excluding diaryl/α,β-unsaturated/α-hetero) is 1. The van der Waals surface area contributed by atoms with Crippen molar-refractivity contribution in [3.63, 3.8) is 0 Å². The van der Waals surface area contributed by atoms with E-state index < -0.39 is 17.9 Å². The van der Waals surface area contributed by atoms with Crippen LogP contribution in [-0.4, -0.2) is 40.5 Å². The van der Waals surface area contributed by atoms with Crippen LogP contribution in [0.25, 0.3) is 0 Å². The third-order valence-electron chi connectivity index (χ3n) is 7.97. The Balaban J connectivity index is 3.29. The molecule has 0 aliphatic carbocycles. The molecule has 0 aromatic heterocycles. The molecule has 0 aromatic carbocycles. The molecule has 0 saturated heterocycles. The van der Waals surface area contributed by atoms with Crippen LogP contribution in [0, 0.1) is 0 Å². The van der Waals surface area contributed by atoms with Crippen molar-refractivity contribution in [1.82, 2.24) is 5.32 Å². The number of hydrogen-bond donors (Lipinski definition) is 3. The van der Waals surface area contributed by atoms with E-state index in [9.17, 15) is 14.4 Å². The van der Waals surface area contributed by atoms with Gasteiger partial charge in [-0.1, -0.05) is 161 Å². The van der Waals surface area contributed by atoms with Crippen molar-refractivity contribution in [1.29, 1.82) is 0 Å². The number of aliphatic hydroxyl groups excluding tert-OH is 1. The quantitative estimate of drug-likeness (QED) is 0.0555. The minimum absolute atomic E-state index is 0.0607. The Bertz CT molecular complexity index is 595. The zero-order chi connectivity index (χ0) is 29.5. The van der Waals surface area contributed by atoms with Gasteiger partial charge >= 0.3 is 5.97 Å². The number of carbonyl (C=O) groups excluding carboxylic acids is 2. The summed E-state index contributed by atoms with van der Waals surface area (Å²) in [5.41, 5.74) is 0. The van der Waals surface area contributed by atoms with E-state index in [2.05, 4.69) is 12.2 Å². The number of rotatable bonds is 32. The van der Waals surface area contributed by atoms with Crippen LogP contribution in [0.3, 0.4) is 0 Å². The summed E-state index contributed by atoms with van der Waals surface area (Å²) < 4.78 is 0. The lowest BCUT2D eigenvalue weighted by atomic mass is 10.0. The van der Waals surface area contributed by atoms with Crippen molar-refractivity contribution < 1.29 is 24.6 Å². The summed E-state index contributed by atoms with van der Waals surface area (Å²) in [4.78, 5) is 34.7. The fourth-order valence-corrected chi connectivity index (χ4v) is 5.36. The van der Waals surface area contributed by atoms with Gasteiger partial charge in [-0.15, -0.1) is 0 Å². The monoisotopic (exact) mass is 567 g/mol. The van der Waals surface area contributed by atoms with Crippen molar-refractivity contribution in [2.24, 2.45) is 0 Å². The van der Waals surface area contributed by atoms with E-state index >= 15 is 0 Å². The van der Waals surface area contributed by atoms with Gasteiger partial charge in [0.25, 0.3) is 0 Å². The highest BCUT2D eigenvalue weighted by Gasteiger charge is 2.20. The molecular weight excluding hydrogens is 502 g/mol. The van der Waals surface area contributed by atoms with Crippen LogP contribution < -0.4 is 5.32 Å². The smallest absolute Gasteiger partial charge is 0.326 e. The number of unbranched alkanes of at least 4 members (excludes halogenated alkanes) is 24. The van der Waals surface area contributed by atoms with E-state index in [1.165, 1.54) is 141 Å². The van der Waals surface area contributed by atoms with Gasteiger partial charge in [-0.2, -0.15) is 0 Å². The number of carboxylic acid groups (broad SMARTS) is 1. The molecule has 1 atom stereocenters. The number of ketones is 1. The van der Waals surface area contributed by atoms with Crippen molar-refractivity contribution in [3.05, 3.63) is 0 Å². The first-order valence-corrected chi connectivity index (χ1v) is 17.2. The Morgan fingerprint density at radius 3 is 1.18 bits per heavy atom. The average Bonchev–Trinajstić information content (AvgIpc) is 2.92. The van der Waals surface area contributed by atoms with Gasteiger partial charge in [-0.05, 0) is 6.42 Å². The molecule has 0 fully saturated rings. The molecule has 0 heterocycles. The van der Waals surface area contributed by atoms with Crippen LogP contribution >= 0.6 is 0 Å². The lowest BCUT2D eigenvalue weighted by Gasteiger charge is -2.12. The molecule has 0 aromatic rings. The van der Waals surface area contributed by atoms with E-state index in [1.54, 1.807) is 0 Å². The lowest BCUT2D eigenvalue weighted by molar-refractivity contribution is -0.143. The third-order valence-corrected chi connectivity index (χ3v) is 7.97. The van der Waals surface area contributed by atoms with Crippen molar-refractivity contribution in [2.75, 3.05) is 6.61 Å². The Morgan fingerprint density at radius 2 is 0.875 bits per heavy atom. The van der Waals surface area contributed by atoms with Crippen molar-refractivity contribution >= 4 is 17.7 Å². The fourth-order valence-electron chi connectivity index (χ4n) is 5.36. The molecule has 0 spiro atoms. The predicted molar refractivity (Wildman–Crippen MR) is 167 cm³/mol. The molecule has 0 unspecified atom stereocenters.